The summed E-state index contributed by atoms with van der Waals surface area (Å²) in [6.45, 7) is 8.36. The van der Waals surface area contributed by atoms with Gasteiger partial charge in [-0.25, -0.2) is 13.1 Å². The molecule has 2 heterocycles. The van der Waals surface area contributed by atoms with E-state index in [1.54, 1.807) is 4.68 Å². The van der Waals surface area contributed by atoms with Gasteiger partial charge in [-0.2, -0.15) is 9.29 Å². The van der Waals surface area contributed by atoms with E-state index in [-0.39, 0.29) is 24.4 Å². The molecular weight excluding hydrogens is 506 g/mol. The summed E-state index contributed by atoms with van der Waals surface area (Å²) in [7, 11) is -5.15. The molecule has 9 nitrogen and oxygen atoms in total. The summed E-state index contributed by atoms with van der Waals surface area (Å²) in [6, 6.07) is 3.40. The van der Waals surface area contributed by atoms with Crippen LogP contribution in [-0.4, -0.2) is 67.0 Å². The van der Waals surface area contributed by atoms with Crippen LogP contribution in [0.25, 0.3) is 0 Å². The number of aryl methyl sites for hydroxylation is 2. The fourth-order valence-corrected chi connectivity index (χ4v) is 7.90. The molecule has 3 aliphatic rings. The molecule has 1 atom stereocenters. The number of sulfonamides is 1. The number of aliphatic hydroxyl groups is 1. The van der Waals surface area contributed by atoms with Gasteiger partial charge in [0.05, 0.1) is 0 Å². The lowest BCUT2D eigenvalue weighted by atomic mass is 9.99. The largest absolute Gasteiger partial charge is 0.396 e. The van der Waals surface area contributed by atoms with E-state index in [1.165, 1.54) is 26.6 Å². The molecule has 0 bridgehead atoms. The maximum Gasteiger partial charge on any atom is 0.284 e. The molecule has 1 aromatic heterocycles. The van der Waals surface area contributed by atoms with E-state index in [0.29, 0.717) is 25.6 Å². The van der Waals surface area contributed by atoms with Crippen LogP contribution in [0.4, 0.5) is 11.6 Å². The van der Waals surface area contributed by atoms with E-state index in [1.807, 2.05) is 0 Å². The fraction of sp³-hybridized carbons (Fsp3) is 0.692. The van der Waals surface area contributed by atoms with Gasteiger partial charge in [-0.3, -0.25) is 0 Å². The number of hydrogen-bond donors (Lipinski definition) is 2. The number of hydrogen-bond acceptors (Lipinski definition) is 7. The Morgan fingerprint density at radius 1 is 1.11 bits per heavy atom. The molecule has 11 heteroatoms. The van der Waals surface area contributed by atoms with E-state index >= 15 is 0 Å². The second kappa shape index (κ2) is 10.8. The minimum Gasteiger partial charge on any atom is -0.396 e. The van der Waals surface area contributed by atoms with E-state index in [0.717, 1.165) is 63.1 Å². The van der Waals surface area contributed by atoms with E-state index < -0.39 is 18.1 Å². The Morgan fingerprint density at radius 2 is 1.81 bits per heavy atom. The summed E-state index contributed by atoms with van der Waals surface area (Å²) >= 11 is 0. The summed E-state index contributed by atoms with van der Waals surface area (Å²) < 4.78 is 36.1. The van der Waals surface area contributed by atoms with Crippen molar-refractivity contribution in [3.8, 4) is 0 Å². The van der Waals surface area contributed by atoms with Crippen molar-refractivity contribution in [2.24, 2.45) is 5.92 Å². The van der Waals surface area contributed by atoms with Gasteiger partial charge in [-0.1, -0.05) is 25.7 Å². The maximum atomic E-state index is 13.5. The first-order valence-corrected chi connectivity index (χ1v) is 18.9. The van der Waals surface area contributed by atoms with Crippen molar-refractivity contribution >= 4 is 29.7 Å². The molecule has 1 aromatic carbocycles. The molecule has 0 amide bonds. The number of aromatic nitrogens is 3. The predicted molar refractivity (Wildman–Crippen MR) is 146 cm³/mol. The van der Waals surface area contributed by atoms with Gasteiger partial charge in [0.2, 0.25) is 5.95 Å². The third kappa shape index (κ3) is 5.80. The Morgan fingerprint density at radius 3 is 2.46 bits per heavy atom. The third-order valence-corrected chi connectivity index (χ3v) is 11.2. The van der Waals surface area contributed by atoms with Crippen LogP contribution >= 0.6 is 0 Å². The van der Waals surface area contributed by atoms with Crippen LogP contribution in [0.3, 0.4) is 0 Å². The molecule has 1 unspecified atom stereocenters. The molecule has 1 saturated heterocycles. The van der Waals surface area contributed by atoms with Crippen molar-refractivity contribution in [3.63, 3.8) is 0 Å². The van der Waals surface area contributed by atoms with Gasteiger partial charge in [0.1, 0.15) is 6.73 Å². The standard InChI is InChI=1S/C26H41N5O4SSi/c1-37(2,3)14-13-35-18-31-25(27-24-22-10-4-8-20(22)15-21-9-5-11-23(21)24)28-26(29-31)36(33,34)30-12-6-7-19(16-30)17-32/h15,19,32H,4-14,16-18H2,1-3H3,(H,27,28,29). The van der Waals surface area contributed by atoms with Crippen LogP contribution in [0.1, 0.15) is 47.9 Å². The highest BCUT2D eigenvalue weighted by Gasteiger charge is 2.34. The molecule has 1 fully saturated rings. The minimum absolute atomic E-state index is 0.0180. The number of anilines is 2. The molecule has 204 valence electrons. The van der Waals surface area contributed by atoms with Crippen LogP contribution in [0.2, 0.25) is 25.7 Å². The SMILES string of the molecule is C[Si](C)(C)CCOCn1nc(S(=O)(=O)N2CCCC(CO)C2)nc1Nc1c2c(cc3c1CCC3)CCC2. The van der Waals surface area contributed by atoms with Gasteiger partial charge < -0.3 is 15.2 Å². The summed E-state index contributed by atoms with van der Waals surface area (Å²) in [5.41, 5.74) is 6.57. The van der Waals surface area contributed by atoms with Crippen molar-refractivity contribution in [1.82, 2.24) is 19.1 Å². The second-order valence-electron chi connectivity index (χ2n) is 12.0. The van der Waals surface area contributed by atoms with Crippen molar-refractivity contribution in [3.05, 3.63) is 28.3 Å². The van der Waals surface area contributed by atoms with Gasteiger partial charge >= 0.3 is 0 Å². The van der Waals surface area contributed by atoms with Gasteiger partial charge in [-0.15, -0.1) is 5.10 Å². The molecule has 0 spiro atoms. The number of rotatable bonds is 10. The Hall–Kier alpha value is -1.79. The average molecular weight is 548 g/mol. The topological polar surface area (TPSA) is 110 Å². The predicted octanol–water partition coefficient (Wildman–Crippen LogP) is 3.70. The zero-order chi connectivity index (χ0) is 26.2. The molecule has 0 saturated carbocycles. The number of benzene rings is 1. The first-order valence-electron chi connectivity index (χ1n) is 13.7. The van der Waals surface area contributed by atoms with Crippen molar-refractivity contribution in [2.75, 3.05) is 31.6 Å². The first kappa shape index (κ1) is 26.8. The monoisotopic (exact) mass is 547 g/mol. The lowest BCUT2D eigenvalue weighted by molar-refractivity contribution is 0.0791. The van der Waals surface area contributed by atoms with Crippen molar-refractivity contribution < 1.29 is 18.3 Å². The Labute approximate surface area is 221 Å². The third-order valence-electron chi connectivity index (χ3n) is 7.88. The number of fused-ring (bicyclic) bond motifs is 2. The summed E-state index contributed by atoms with van der Waals surface area (Å²) in [5, 5.41) is 17.4. The van der Waals surface area contributed by atoms with Crippen molar-refractivity contribution in [1.29, 1.82) is 0 Å². The zero-order valence-electron chi connectivity index (χ0n) is 22.4. The molecule has 0 radical (unpaired) electrons. The number of nitrogens with zero attached hydrogens (tertiary/aromatic N) is 4. The summed E-state index contributed by atoms with van der Waals surface area (Å²) in [6.07, 6.45) is 8.04. The van der Waals surface area contributed by atoms with Gasteiger partial charge in [0, 0.05) is 40.1 Å². The Kier molecular flexibility index (Phi) is 7.79. The van der Waals surface area contributed by atoms with Gasteiger partial charge in [0.25, 0.3) is 15.2 Å². The minimum atomic E-state index is -3.89. The summed E-state index contributed by atoms with van der Waals surface area (Å²) in [5.74, 6) is 0.360. The molecule has 2 aromatic rings. The number of aliphatic hydroxyl groups excluding tert-OH is 1. The van der Waals surface area contributed by atoms with E-state index in [2.05, 4.69) is 41.1 Å². The smallest absolute Gasteiger partial charge is 0.284 e. The summed E-state index contributed by atoms with van der Waals surface area (Å²) in [4.78, 5) is 4.56. The van der Waals surface area contributed by atoms with Gasteiger partial charge in [-0.05, 0) is 85.6 Å². The highest BCUT2D eigenvalue weighted by molar-refractivity contribution is 7.89. The van der Waals surface area contributed by atoms with E-state index in [9.17, 15) is 13.5 Å². The average Bonchev–Trinajstić information content (AvgIpc) is 3.61. The highest BCUT2D eigenvalue weighted by atomic mass is 32.2. The molecule has 5 rings (SSSR count). The number of ether oxygens (including phenoxy) is 1. The van der Waals surface area contributed by atoms with Crippen LogP contribution < -0.4 is 5.32 Å². The Bertz CT molecular complexity index is 1210. The molecular formula is C26H41N5O4SSi. The normalized spacial score (nSPS) is 20.3. The van der Waals surface area contributed by atoms with E-state index in [4.69, 9.17) is 4.74 Å². The molecule has 37 heavy (non-hydrogen) atoms. The van der Waals surface area contributed by atoms with Crippen LogP contribution in [0.5, 0.6) is 0 Å². The fourth-order valence-electron chi connectivity index (χ4n) is 5.73. The molecule has 2 N–H and O–H groups in total. The van der Waals surface area contributed by atoms with Crippen LogP contribution in [-0.2, 0) is 47.2 Å². The number of nitrogens with one attached hydrogen (secondary N) is 1. The second-order valence-corrected chi connectivity index (χ2v) is 19.4. The van der Waals surface area contributed by atoms with Gasteiger partial charge in [0.15, 0.2) is 0 Å². The van der Waals surface area contributed by atoms with Crippen LogP contribution in [0, 0.1) is 5.92 Å². The maximum absolute atomic E-state index is 13.5. The lowest BCUT2D eigenvalue weighted by Gasteiger charge is -2.29. The first-order chi connectivity index (χ1) is 17.7. The van der Waals surface area contributed by atoms with Crippen molar-refractivity contribution in [2.45, 2.75) is 88.9 Å². The lowest BCUT2D eigenvalue weighted by Crippen LogP contribution is -2.41. The highest BCUT2D eigenvalue weighted by Crippen LogP contribution is 2.40. The molecule has 2 aliphatic carbocycles. The quantitative estimate of drug-likeness (QED) is 0.345. The number of piperidine rings is 1. The Balaban J connectivity index is 1.46. The zero-order valence-corrected chi connectivity index (χ0v) is 24.2. The van der Waals surface area contributed by atoms with Crippen LogP contribution in [0.15, 0.2) is 11.2 Å². The molecule has 1 aliphatic heterocycles.